The van der Waals surface area contributed by atoms with E-state index in [2.05, 4.69) is 19.8 Å². The number of nitrogens with zero attached hydrogens (tertiary/aromatic N) is 4. The topological polar surface area (TPSA) is 149 Å². The summed E-state index contributed by atoms with van der Waals surface area (Å²) in [5.41, 5.74) is 3.04. The number of halogens is 2. The van der Waals surface area contributed by atoms with Crippen LogP contribution in [0.1, 0.15) is 81.8 Å². The number of piperidine rings is 1. The van der Waals surface area contributed by atoms with Crippen molar-refractivity contribution in [1.29, 1.82) is 0 Å². The first-order valence-corrected chi connectivity index (χ1v) is 28.7. The predicted octanol–water partition coefficient (Wildman–Crippen LogP) is 12.1. The standard InChI is InChI=1S/C31H35ClN2O5.C30H33ClN2O6/c32-25-19-24(8-7-22(25)18-23(35)17-21-5-6-21)39-27-9-10-33-26-20-28(30-31(29(26)27)38-16-15-37-30)36-14-4-13-34-11-2-1-3-12-34;31-24-18-23(5-4-21(24)17-22(34)16-20-2-3-20)39-26-6-7-32-25-19-27(29-30(28(25)26)38-15-14-37-29)36-11-1-8-33-9-12-35-13-10-33/h7-10,19-21H,1-6,11-18H2;4-7,18-20H,1-3,8-17H2. The van der Waals surface area contributed by atoms with Crippen LogP contribution in [0.25, 0.3) is 21.8 Å². The SMILES string of the molecule is O=C(Cc1ccc(Oc2ccnc3cc(OCCCN4CCCCC4)c4c(c23)OCCO4)cc1Cl)CC1CC1.O=C(Cc1ccc(Oc2ccnc3cc(OCCCN4CCOCC4)c4c(c23)OCCO4)cc1Cl)CC1CC1. The molecule has 0 N–H and O–H groups in total. The lowest BCUT2D eigenvalue weighted by molar-refractivity contribution is -0.119. The number of hydrogen-bond acceptors (Lipinski definition) is 15. The van der Waals surface area contributed by atoms with E-state index in [-0.39, 0.29) is 11.6 Å². The zero-order chi connectivity index (χ0) is 53.2. The summed E-state index contributed by atoms with van der Waals surface area (Å²) in [6.45, 7) is 10.8. The first-order valence-electron chi connectivity index (χ1n) is 27.9. The summed E-state index contributed by atoms with van der Waals surface area (Å²) in [6, 6.07) is 18.3. The van der Waals surface area contributed by atoms with Crippen molar-refractivity contribution in [2.75, 3.05) is 92.1 Å². The summed E-state index contributed by atoms with van der Waals surface area (Å²) in [6.07, 6.45) is 15.8. The molecule has 0 spiro atoms. The van der Waals surface area contributed by atoms with Crippen LogP contribution in [0.2, 0.25) is 10.0 Å². The Morgan fingerprint density at radius 3 is 1.42 bits per heavy atom. The predicted molar refractivity (Wildman–Crippen MR) is 298 cm³/mol. The highest BCUT2D eigenvalue weighted by Gasteiger charge is 2.29. The van der Waals surface area contributed by atoms with E-state index in [1.807, 2.05) is 36.4 Å². The van der Waals surface area contributed by atoms with E-state index in [9.17, 15) is 9.59 Å². The van der Waals surface area contributed by atoms with Crippen LogP contribution in [0.15, 0.2) is 73.1 Å². The van der Waals surface area contributed by atoms with Crippen LogP contribution < -0.4 is 37.9 Å². The molecule has 412 valence electrons. The molecule has 17 heteroatoms. The van der Waals surface area contributed by atoms with Gasteiger partial charge >= 0.3 is 0 Å². The van der Waals surface area contributed by atoms with Gasteiger partial charge in [0.05, 0.1) is 48.2 Å². The van der Waals surface area contributed by atoms with E-state index in [1.165, 1.54) is 32.4 Å². The van der Waals surface area contributed by atoms with Crippen molar-refractivity contribution in [2.45, 2.75) is 83.5 Å². The second-order valence-corrected chi connectivity index (χ2v) is 21.9. The van der Waals surface area contributed by atoms with Crippen molar-refractivity contribution in [3.05, 3.63) is 94.2 Å². The van der Waals surface area contributed by atoms with E-state index < -0.39 is 0 Å². The molecule has 0 unspecified atom stereocenters. The maximum atomic E-state index is 12.3. The summed E-state index contributed by atoms with van der Waals surface area (Å²) in [5, 5.41) is 2.49. The third-order valence-corrected chi connectivity index (χ3v) is 15.6. The Kier molecular flexibility index (Phi) is 17.8. The second-order valence-electron chi connectivity index (χ2n) is 21.1. The molecule has 6 aliphatic rings. The average molecular weight is 1100 g/mol. The van der Waals surface area contributed by atoms with Crippen molar-refractivity contribution in [2.24, 2.45) is 11.8 Å². The van der Waals surface area contributed by atoms with Crippen LogP contribution in [-0.2, 0) is 27.2 Å². The van der Waals surface area contributed by atoms with Crippen LogP contribution >= 0.6 is 23.2 Å². The third kappa shape index (κ3) is 14.0. The molecule has 12 rings (SSSR count). The summed E-state index contributed by atoms with van der Waals surface area (Å²) >= 11 is 13.1. The molecular formula is C61H68Cl2N4O11. The highest BCUT2D eigenvalue weighted by Crippen LogP contribution is 2.50. The van der Waals surface area contributed by atoms with Crippen molar-refractivity contribution in [1.82, 2.24) is 19.8 Å². The van der Waals surface area contributed by atoms with Crippen LogP contribution in [0.5, 0.6) is 57.5 Å². The third-order valence-electron chi connectivity index (χ3n) is 14.9. The average Bonchev–Trinajstić information content (AvgIpc) is 4.48. The normalized spacial score (nSPS) is 17.3. The van der Waals surface area contributed by atoms with Gasteiger partial charge in [-0.15, -0.1) is 0 Å². The van der Waals surface area contributed by atoms with E-state index in [0.29, 0.717) is 161 Å². The minimum Gasteiger partial charge on any atom is -0.489 e. The number of aromatic nitrogens is 2. The van der Waals surface area contributed by atoms with Gasteiger partial charge in [0.1, 0.15) is 61.0 Å². The highest BCUT2D eigenvalue weighted by atomic mass is 35.5. The smallest absolute Gasteiger partial charge is 0.204 e. The number of ether oxygens (including phenoxy) is 9. The molecule has 78 heavy (non-hydrogen) atoms. The molecule has 2 aromatic heterocycles. The van der Waals surface area contributed by atoms with E-state index >= 15 is 0 Å². The fraction of sp³-hybridized carbons (Fsp3) is 0.475. The number of morpholine rings is 1. The van der Waals surface area contributed by atoms with Crippen LogP contribution in [-0.4, -0.2) is 123 Å². The van der Waals surface area contributed by atoms with Gasteiger partial charge in [-0.2, -0.15) is 0 Å². The molecule has 2 aliphatic carbocycles. The minimum atomic E-state index is 0.232. The maximum absolute atomic E-state index is 12.3. The van der Waals surface area contributed by atoms with Gasteiger partial charge in [0.15, 0.2) is 23.0 Å². The van der Waals surface area contributed by atoms with Crippen molar-refractivity contribution < 1.29 is 52.2 Å². The van der Waals surface area contributed by atoms with Gasteiger partial charge < -0.3 is 47.5 Å². The first-order chi connectivity index (χ1) is 38.3. The van der Waals surface area contributed by atoms with E-state index in [0.717, 1.165) is 94.4 Å². The molecule has 0 atom stereocenters. The van der Waals surface area contributed by atoms with Gasteiger partial charge in [-0.05, 0) is 124 Å². The molecule has 0 amide bonds. The number of fused-ring (bicyclic) bond motifs is 6. The maximum Gasteiger partial charge on any atom is 0.204 e. The molecule has 2 saturated heterocycles. The lowest BCUT2D eigenvalue weighted by Gasteiger charge is -2.26. The Morgan fingerprint density at radius 1 is 0.526 bits per heavy atom. The minimum absolute atomic E-state index is 0.232. The molecule has 0 radical (unpaired) electrons. The molecule has 6 heterocycles. The van der Waals surface area contributed by atoms with Gasteiger partial charge in [-0.25, -0.2) is 0 Å². The fourth-order valence-electron chi connectivity index (χ4n) is 10.5. The Hall–Kier alpha value is -6.10. The van der Waals surface area contributed by atoms with Crippen LogP contribution in [0, 0.1) is 11.8 Å². The van der Waals surface area contributed by atoms with Crippen LogP contribution in [0.3, 0.4) is 0 Å². The number of carbonyl (C=O) groups is 2. The van der Waals surface area contributed by atoms with Crippen molar-refractivity contribution in [3.8, 4) is 57.5 Å². The number of pyridine rings is 2. The number of rotatable bonds is 22. The van der Waals surface area contributed by atoms with Gasteiger partial charge in [-0.1, -0.05) is 41.8 Å². The van der Waals surface area contributed by atoms with Gasteiger partial charge in [0, 0.05) is 86.4 Å². The van der Waals surface area contributed by atoms with Crippen LogP contribution in [0.4, 0.5) is 0 Å². The van der Waals surface area contributed by atoms with Crippen molar-refractivity contribution >= 4 is 56.6 Å². The monoisotopic (exact) mass is 1100 g/mol. The van der Waals surface area contributed by atoms with Gasteiger partial charge in [-0.3, -0.25) is 24.5 Å². The summed E-state index contributed by atoms with van der Waals surface area (Å²) < 4.78 is 54.5. The summed E-state index contributed by atoms with van der Waals surface area (Å²) in [7, 11) is 0. The molecule has 6 aromatic rings. The lowest BCUT2D eigenvalue weighted by atomic mass is 10.0. The number of benzene rings is 4. The molecule has 2 saturated carbocycles. The van der Waals surface area contributed by atoms with Crippen molar-refractivity contribution in [3.63, 3.8) is 0 Å². The molecule has 4 aliphatic heterocycles. The largest absolute Gasteiger partial charge is 0.489 e. The van der Waals surface area contributed by atoms with E-state index in [1.54, 1.807) is 36.7 Å². The molecule has 15 nitrogen and oxygen atoms in total. The molecule has 4 fully saturated rings. The molecular weight excluding hydrogens is 1040 g/mol. The Balaban J connectivity index is 0.000000165. The van der Waals surface area contributed by atoms with Gasteiger partial charge in [0.2, 0.25) is 11.5 Å². The Labute approximate surface area is 465 Å². The zero-order valence-electron chi connectivity index (χ0n) is 44.2. The molecule has 0 bridgehead atoms. The van der Waals surface area contributed by atoms with Gasteiger partial charge in [0.25, 0.3) is 0 Å². The zero-order valence-corrected chi connectivity index (χ0v) is 45.7. The summed E-state index contributed by atoms with van der Waals surface area (Å²) in [4.78, 5) is 38.7. The molecule has 4 aromatic carbocycles. The second kappa shape index (κ2) is 25.8. The lowest BCUT2D eigenvalue weighted by Crippen LogP contribution is -2.37. The number of carbonyl (C=O) groups excluding carboxylic acids is 2. The number of likely N-dealkylation sites (tertiary alicyclic amines) is 1. The van der Waals surface area contributed by atoms with E-state index in [4.69, 9.17) is 65.8 Å². The number of Topliss-reactive ketones (excluding diaryl/α,β-unsaturated/α-hetero) is 2. The number of ketones is 2. The highest BCUT2D eigenvalue weighted by molar-refractivity contribution is 6.32. The quantitative estimate of drug-likeness (QED) is 0.0593. The number of hydrogen-bond donors (Lipinski definition) is 0. The summed E-state index contributed by atoms with van der Waals surface area (Å²) in [5.74, 6) is 7.50. The Morgan fingerprint density at radius 2 is 0.974 bits per heavy atom. The Bertz CT molecular complexity index is 2880. The fourth-order valence-corrected chi connectivity index (χ4v) is 10.9. The first kappa shape index (κ1) is 53.9.